The number of nitrogens with one attached hydrogen (secondary N) is 1. The number of aromatic nitrogens is 1. The van der Waals surface area contributed by atoms with Crippen LogP contribution in [-0.2, 0) is 0 Å². The van der Waals surface area contributed by atoms with Gasteiger partial charge in [0, 0.05) is 18.8 Å². The van der Waals surface area contributed by atoms with Crippen molar-refractivity contribution in [3.8, 4) is 0 Å². The fraction of sp³-hybridized carbons (Fsp3) is 0.182. The molecule has 0 saturated carbocycles. The largest absolute Gasteiger partial charge is 0.354 e. The van der Waals surface area contributed by atoms with Crippen molar-refractivity contribution in [2.24, 2.45) is 0 Å². The van der Waals surface area contributed by atoms with Crippen molar-refractivity contribution in [1.82, 2.24) is 9.72 Å². The van der Waals surface area contributed by atoms with Crippen LogP contribution < -0.4 is 5.32 Å². The number of carbonyl (C=O) groups is 1. The maximum absolute atomic E-state index is 11.6. The zero-order valence-corrected chi connectivity index (χ0v) is 8.24. The number of carbonyl (C=O) groups excluding carboxylic acids is 1. The number of amides is 1. The second-order valence-electron chi connectivity index (χ2n) is 3.25. The van der Waals surface area contributed by atoms with Gasteiger partial charge in [-0.2, -0.15) is 0 Å². The minimum atomic E-state index is -0.0475. The normalized spacial score (nSPS) is 10.4. The molecule has 2 aromatic heterocycles. The van der Waals surface area contributed by atoms with Gasteiger partial charge in [-0.25, -0.2) is 0 Å². The molecule has 0 spiro atoms. The lowest BCUT2D eigenvalue weighted by molar-refractivity contribution is 0.0957. The molecule has 2 aromatic rings. The number of aryl methyl sites for hydroxylation is 1. The van der Waals surface area contributed by atoms with Gasteiger partial charge in [0.2, 0.25) is 0 Å². The van der Waals surface area contributed by atoms with Gasteiger partial charge in [0.05, 0.1) is 0 Å². The molecule has 0 aliphatic rings. The molecule has 0 saturated heterocycles. The van der Waals surface area contributed by atoms with E-state index >= 15 is 0 Å². The third kappa shape index (κ3) is 1.18. The molecule has 14 heavy (non-hydrogen) atoms. The van der Waals surface area contributed by atoms with E-state index in [-0.39, 0.29) is 5.91 Å². The summed E-state index contributed by atoms with van der Waals surface area (Å²) in [5.74, 6) is -0.0475. The van der Waals surface area contributed by atoms with Gasteiger partial charge in [-0.3, -0.25) is 4.79 Å². The Bertz CT molecular complexity index is 485. The fourth-order valence-electron chi connectivity index (χ4n) is 1.66. The van der Waals surface area contributed by atoms with Crippen LogP contribution in [0.4, 0.5) is 0 Å². The van der Waals surface area contributed by atoms with Crippen molar-refractivity contribution in [2.75, 3.05) is 7.05 Å². The molecule has 0 aromatic carbocycles. The molecule has 72 valence electrons. The summed E-state index contributed by atoms with van der Waals surface area (Å²) in [6.07, 6.45) is 1.90. The van der Waals surface area contributed by atoms with Crippen LogP contribution in [0.2, 0.25) is 0 Å². The fourth-order valence-corrected chi connectivity index (χ4v) is 1.66. The van der Waals surface area contributed by atoms with Crippen LogP contribution in [0.1, 0.15) is 16.1 Å². The maximum Gasteiger partial charge on any atom is 0.268 e. The number of pyridine rings is 1. The summed E-state index contributed by atoms with van der Waals surface area (Å²) >= 11 is 0. The Morgan fingerprint density at radius 3 is 2.93 bits per heavy atom. The van der Waals surface area contributed by atoms with Crippen LogP contribution in [0, 0.1) is 6.92 Å². The molecule has 3 heteroatoms. The van der Waals surface area contributed by atoms with Crippen LogP contribution in [0.5, 0.6) is 0 Å². The van der Waals surface area contributed by atoms with Crippen LogP contribution in [-0.4, -0.2) is 17.4 Å². The van der Waals surface area contributed by atoms with E-state index in [1.165, 1.54) is 0 Å². The van der Waals surface area contributed by atoms with Gasteiger partial charge in [-0.1, -0.05) is 6.07 Å². The molecule has 0 fully saturated rings. The van der Waals surface area contributed by atoms with E-state index in [2.05, 4.69) is 5.32 Å². The van der Waals surface area contributed by atoms with Crippen molar-refractivity contribution in [2.45, 2.75) is 6.92 Å². The molecule has 0 atom stereocenters. The highest BCUT2D eigenvalue weighted by atomic mass is 16.1. The summed E-state index contributed by atoms with van der Waals surface area (Å²) in [5.41, 5.74) is 2.75. The van der Waals surface area contributed by atoms with E-state index in [0.29, 0.717) is 5.69 Å². The van der Waals surface area contributed by atoms with Gasteiger partial charge in [0.15, 0.2) is 0 Å². The monoisotopic (exact) mass is 188 g/mol. The number of fused-ring (bicyclic) bond motifs is 1. The number of nitrogens with zero attached hydrogens (tertiary/aromatic N) is 1. The van der Waals surface area contributed by atoms with Crippen LogP contribution in [0.15, 0.2) is 30.5 Å². The number of hydrogen-bond donors (Lipinski definition) is 1. The highest BCUT2D eigenvalue weighted by Crippen LogP contribution is 2.15. The van der Waals surface area contributed by atoms with Crippen molar-refractivity contribution in [3.05, 3.63) is 41.7 Å². The Labute approximate surface area is 82.4 Å². The second kappa shape index (κ2) is 3.18. The van der Waals surface area contributed by atoms with Gasteiger partial charge in [0.25, 0.3) is 5.91 Å². The van der Waals surface area contributed by atoms with Crippen LogP contribution >= 0.6 is 0 Å². The molecule has 0 radical (unpaired) electrons. The Balaban J connectivity index is 2.74. The first kappa shape index (κ1) is 8.81. The third-order valence-corrected chi connectivity index (χ3v) is 2.31. The Morgan fingerprint density at radius 1 is 1.43 bits per heavy atom. The average Bonchev–Trinajstić information content (AvgIpc) is 2.53. The third-order valence-electron chi connectivity index (χ3n) is 2.31. The molecule has 1 N–H and O–H groups in total. The van der Waals surface area contributed by atoms with Gasteiger partial charge in [0.1, 0.15) is 5.69 Å². The number of hydrogen-bond acceptors (Lipinski definition) is 1. The van der Waals surface area contributed by atoms with E-state index in [0.717, 1.165) is 11.1 Å². The average molecular weight is 188 g/mol. The van der Waals surface area contributed by atoms with Crippen molar-refractivity contribution in [1.29, 1.82) is 0 Å². The quantitative estimate of drug-likeness (QED) is 0.724. The molecular formula is C11H12N2O. The van der Waals surface area contributed by atoms with E-state index in [1.807, 2.05) is 41.8 Å². The molecule has 1 amide bonds. The van der Waals surface area contributed by atoms with Crippen LogP contribution in [0.25, 0.3) is 5.52 Å². The van der Waals surface area contributed by atoms with E-state index in [1.54, 1.807) is 7.05 Å². The van der Waals surface area contributed by atoms with Gasteiger partial charge >= 0.3 is 0 Å². The van der Waals surface area contributed by atoms with Gasteiger partial charge in [-0.15, -0.1) is 0 Å². The lowest BCUT2D eigenvalue weighted by Gasteiger charge is -2.01. The topological polar surface area (TPSA) is 33.5 Å². The lowest BCUT2D eigenvalue weighted by Crippen LogP contribution is -2.20. The Hall–Kier alpha value is -1.77. The minimum Gasteiger partial charge on any atom is -0.354 e. The molecule has 0 aliphatic heterocycles. The molecule has 3 nitrogen and oxygen atoms in total. The SMILES string of the molecule is CNC(=O)c1c(C)cc2ccccn12. The number of rotatable bonds is 1. The van der Waals surface area contributed by atoms with Crippen molar-refractivity contribution >= 4 is 11.4 Å². The van der Waals surface area contributed by atoms with Crippen LogP contribution in [0.3, 0.4) is 0 Å². The first-order valence-corrected chi connectivity index (χ1v) is 4.53. The zero-order valence-electron chi connectivity index (χ0n) is 8.24. The second-order valence-corrected chi connectivity index (χ2v) is 3.25. The molecule has 0 unspecified atom stereocenters. The highest BCUT2D eigenvalue weighted by molar-refractivity contribution is 5.95. The standard InChI is InChI=1S/C11H12N2O/c1-8-7-9-5-3-4-6-13(9)10(8)11(14)12-2/h3-7H,1-2H3,(H,12,14). The first-order chi connectivity index (χ1) is 6.74. The highest BCUT2D eigenvalue weighted by Gasteiger charge is 2.12. The molecular weight excluding hydrogens is 176 g/mol. The van der Waals surface area contributed by atoms with Gasteiger partial charge in [-0.05, 0) is 30.7 Å². The van der Waals surface area contributed by atoms with Gasteiger partial charge < -0.3 is 9.72 Å². The molecule has 0 bridgehead atoms. The predicted octanol–water partition coefficient (Wildman–Crippen LogP) is 1.61. The van der Waals surface area contributed by atoms with Crippen molar-refractivity contribution in [3.63, 3.8) is 0 Å². The Morgan fingerprint density at radius 2 is 2.21 bits per heavy atom. The zero-order chi connectivity index (χ0) is 10.1. The van der Waals surface area contributed by atoms with E-state index in [4.69, 9.17) is 0 Å². The van der Waals surface area contributed by atoms with E-state index in [9.17, 15) is 4.79 Å². The Kier molecular flexibility index (Phi) is 2.00. The van der Waals surface area contributed by atoms with E-state index < -0.39 is 0 Å². The summed E-state index contributed by atoms with van der Waals surface area (Å²) < 4.78 is 1.90. The van der Waals surface area contributed by atoms with Crippen molar-refractivity contribution < 1.29 is 4.79 Å². The summed E-state index contributed by atoms with van der Waals surface area (Å²) in [7, 11) is 1.64. The molecule has 2 rings (SSSR count). The summed E-state index contributed by atoms with van der Waals surface area (Å²) in [6, 6.07) is 7.87. The summed E-state index contributed by atoms with van der Waals surface area (Å²) in [6.45, 7) is 1.94. The molecule has 2 heterocycles. The summed E-state index contributed by atoms with van der Waals surface area (Å²) in [4.78, 5) is 11.6. The smallest absolute Gasteiger partial charge is 0.268 e. The maximum atomic E-state index is 11.6. The predicted molar refractivity (Wildman–Crippen MR) is 55.5 cm³/mol. The minimum absolute atomic E-state index is 0.0475. The lowest BCUT2D eigenvalue weighted by atomic mass is 10.2. The first-order valence-electron chi connectivity index (χ1n) is 4.53. The molecule has 0 aliphatic carbocycles. The summed E-state index contributed by atoms with van der Waals surface area (Å²) in [5, 5.41) is 2.64.